The van der Waals surface area contributed by atoms with Crippen molar-refractivity contribution in [2.75, 3.05) is 11.9 Å². The van der Waals surface area contributed by atoms with E-state index in [4.69, 9.17) is 4.52 Å². The fourth-order valence-electron chi connectivity index (χ4n) is 5.20. The fraction of sp³-hybridized carbons (Fsp3) is 0.478. The maximum atomic E-state index is 13.0. The van der Waals surface area contributed by atoms with Crippen LogP contribution in [0.5, 0.6) is 0 Å². The number of carbonyl (C=O) groups excluding carboxylic acids is 3. The third-order valence-electron chi connectivity index (χ3n) is 6.80. The molecule has 0 aromatic heterocycles. The van der Waals surface area contributed by atoms with Crippen molar-refractivity contribution in [2.45, 2.75) is 50.6 Å². The predicted octanol–water partition coefficient (Wildman–Crippen LogP) is 2.19. The molecule has 0 saturated carbocycles. The lowest BCUT2D eigenvalue weighted by Gasteiger charge is -2.46. The molecule has 0 radical (unpaired) electrons. The van der Waals surface area contributed by atoms with Gasteiger partial charge in [0.1, 0.15) is 11.7 Å². The largest absolute Gasteiger partial charge is 0.465 e. The van der Waals surface area contributed by atoms with E-state index in [2.05, 4.69) is 5.32 Å². The number of nitrogens with zero attached hydrogens (tertiary/aromatic N) is 2. The Morgan fingerprint density at radius 2 is 2.03 bits per heavy atom. The van der Waals surface area contributed by atoms with Crippen molar-refractivity contribution in [3.63, 3.8) is 0 Å². The van der Waals surface area contributed by atoms with E-state index >= 15 is 0 Å². The number of aliphatic hydroxyl groups excluding tert-OH is 1. The van der Waals surface area contributed by atoms with Gasteiger partial charge >= 0.3 is 12.1 Å². The molecule has 2 saturated heterocycles. The molecule has 10 nitrogen and oxygen atoms in total. The minimum Gasteiger partial charge on any atom is -0.465 e. The van der Waals surface area contributed by atoms with E-state index in [1.165, 1.54) is 16.7 Å². The first-order valence-corrected chi connectivity index (χ1v) is 12.6. The van der Waals surface area contributed by atoms with E-state index in [0.717, 1.165) is 10.5 Å². The molecule has 1 aromatic rings. The molecule has 3 aliphatic heterocycles. The molecular formula is C23H28N3O7PS. The molecule has 0 aliphatic carbocycles. The predicted molar refractivity (Wildman–Crippen MR) is 132 cm³/mol. The minimum absolute atomic E-state index is 0.0871. The lowest BCUT2D eigenvalue weighted by atomic mass is 9.79. The molecule has 3 heterocycles. The molecule has 3 N–H and O–H groups in total. The van der Waals surface area contributed by atoms with Gasteiger partial charge in [-0.05, 0) is 38.0 Å². The lowest BCUT2D eigenvalue weighted by Crippen LogP contribution is -2.63. The van der Waals surface area contributed by atoms with E-state index in [0.29, 0.717) is 10.6 Å². The zero-order valence-corrected chi connectivity index (χ0v) is 21.5. The number of β-lactam (4-membered cyclic amide) rings is 1. The van der Waals surface area contributed by atoms with Crippen molar-refractivity contribution in [3.8, 4) is 0 Å². The number of thioether (sulfide) groups is 1. The molecule has 1 unspecified atom stereocenters. The molecule has 7 atom stereocenters. The SMILES string of the molecule is Cc1cccc(NC(=O)[C@@H]2C[C@H](SC3=C(C(=O)OP)N4C(=O)[C@H]([C@@H](C)O)[C@H]4[C@H]3C)CN2C(=O)O)c1. The van der Waals surface area contributed by atoms with Gasteiger partial charge in [-0.3, -0.25) is 14.5 Å². The highest BCUT2D eigenvalue weighted by atomic mass is 32.2. The van der Waals surface area contributed by atoms with Crippen molar-refractivity contribution in [1.82, 2.24) is 9.80 Å². The molecule has 3 amide bonds. The molecule has 4 rings (SSSR count). The molecule has 3 aliphatic rings. The lowest BCUT2D eigenvalue weighted by molar-refractivity contribution is -0.162. The summed E-state index contributed by atoms with van der Waals surface area (Å²) >= 11 is 1.30. The summed E-state index contributed by atoms with van der Waals surface area (Å²) in [5, 5.41) is 22.3. The smallest absolute Gasteiger partial charge is 0.408 e. The highest BCUT2D eigenvalue weighted by Crippen LogP contribution is 2.52. The Morgan fingerprint density at radius 3 is 2.63 bits per heavy atom. The number of carboxylic acid groups (broad SMARTS) is 1. The first kappa shape index (κ1) is 25.5. The monoisotopic (exact) mass is 521 g/mol. The van der Waals surface area contributed by atoms with Crippen LogP contribution in [0.15, 0.2) is 34.9 Å². The zero-order chi connectivity index (χ0) is 25.6. The quantitative estimate of drug-likeness (QED) is 0.383. The molecular weight excluding hydrogens is 493 g/mol. The number of aliphatic hydroxyl groups is 1. The van der Waals surface area contributed by atoms with E-state index in [-0.39, 0.29) is 41.8 Å². The molecule has 1 aromatic carbocycles. The molecule has 188 valence electrons. The van der Waals surface area contributed by atoms with Gasteiger partial charge in [0.15, 0.2) is 0 Å². The van der Waals surface area contributed by atoms with E-state index in [9.17, 15) is 29.4 Å². The van der Waals surface area contributed by atoms with Gasteiger partial charge in [0.25, 0.3) is 0 Å². The maximum absolute atomic E-state index is 13.0. The maximum Gasteiger partial charge on any atom is 0.408 e. The summed E-state index contributed by atoms with van der Waals surface area (Å²) in [5.74, 6) is -2.33. The molecule has 35 heavy (non-hydrogen) atoms. The number of carbonyl (C=O) groups is 4. The summed E-state index contributed by atoms with van der Waals surface area (Å²) in [6.45, 7) is 5.40. The van der Waals surface area contributed by atoms with Crippen LogP contribution in [0.2, 0.25) is 0 Å². The summed E-state index contributed by atoms with van der Waals surface area (Å²) < 4.78 is 4.85. The van der Waals surface area contributed by atoms with Crippen molar-refractivity contribution in [1.29, 1.82) is 0 Å². The number of hydrogen-bond donors (Lipinski definition) is 3. The van der Waals surface area contributed by atoms with Gasteiger partial charge in [0.05, 0.1) is 27.5 Å². The third kappa shape index (κ3) is 4.52. The number of amides is 3. The second-order valence-electron chi connectivity index (χ2n) is 9.16. The van der Waals surface area contributed by atoms with Crippen LogP contribution in [0.3, 0.4) is 0 Å². The average molecular weight is 522 g/mol. The van der Waals surface area contributed by atoms with Crippen molar-refractivity contribution in [3.05, 3.63) is 40.4 Å². The molecule has 0 spiro atoms. The van der Waals surface area contributed by atoms with Gasteiger partial charge in [0.2, 0.25) is 11.8 Å². The minimum atomic E-state index is -1.20. The van der Waals surface area contributed by atoms with Gasteiger partial charge in [-0.15, -0.1) is 11.8 Å². The van der Waals surface area contributed by atoms with E-state index in [1.54, 1.807) is 25.1 Å². The number of likely N-dealkylation sites (tertiary alicyclic amines) is 1. The van der Waals surface area contributed by atoms with Crippen LogP contribution in [-0.4, -0.2) is 73.9 Å². The zero-order valence-electron chi connectivity index (χ0n) is 19.5. The summed E-state index contributed by atoms with van der Waals surface area (Å²) in [5.41, 5.74) is 1.67. The molecule has 12 heteroatoms. The number of fused-ring (bicyclic) bond motifs is 1. The number of hydrogen-bond acceptors (Lipinski definition) is 7. The van der Waals surface area contributed by atoms with Crippen molar-refractivity contribution >= 4 is 50.8 Å². The summed E-state index contributed by atoms with van der Waals surface area (Å²) in [7, 11) is 1.88. The summed E-state index contributed by atoms with van der Waals surface area (Å²) in [6, 6.07) is 5.97. The number of nitrogens with one attached hydrogen (secondary N) is 1. The Morgan fingerprint density at radius 1 is 1.31 bits per heavy atom. The topological polar surface area (TPSA) is 136 Å². The van der Waals surface area contributed by atoms with Crippen LogP contribution >= 0.6 is 21.2 Å². The Kier molecular flexibility index (Phi) is 7.13. The Bertz CT molecular complexity index is 1110. The highest BCUT2D eigenvalue weighted by Gasteiger charge is 2.60. The second kappa shape index (κ2) is 9.79. The summed E-state index contributed by atoms with van der Waals surface area (Å²) in [6.07, 6.45) is -1.83. The van der Waals surface area contributed by atoms with Crippen LogP contribution in [0.25, 0.3) is 0 Å². The Hall–Kier alpha value is -2.62. The normalized spacial score (nSPS) is 28.5. The van der Waals surface area contributed by atoms with Crippen molar-refractivity contribution < 1.29 is 33.9 Å². The Balaban J connectivity index is 1.55. The average Bonchev–Trinajstić information content (AvgIpc) is 3.32. The van der Waals surface area contributed by atoms with Gasteiger partial charge in [-0.25, -0.2) is 9.59 Å². The number of aryl methyl sites for hydroxylation is 1. The molecule has 0 bridgehead atoms. The standard InChI is InChI=1S/C23H28N3O7PS/c1-10-5-4-6-13(7-10)24-20(28)15-8-14(9-25(15)23(31)32)35-19-11(2)17-16(12(3)27)21(29)26(17)18(19)22(30)33-34/h4-7,11-12,14-17,27H,8-9,34H2,1-3H3,(H,24,28)(H,31,32)/t11-,12-,14+,15+,16-,17-/m1/s1. The highest BCUT2D eigenvalue weighted by molar-refractivity contribution is 8.03. The Labute approximate surface area is 209 Å². The van der Waals surface area contributed by atoms with Crippen molar-refractivity contribution in [2.24, 2.45) is 11.8 Å². The molecule has 2 fully saturated rings. The third-order valence-corrected chi connectivity index (χ3v) is 8.51. The van der Waals surface area contributed by atoms with Gasteiger partial charge in [-0.2, -0.15) is 0 Å². The second-order valence-corrected chi connectivity index (χ2v) is 10.7. The number of benzene rings is 1. The van der Waals surface area contributed by atoms with Gasteiger partial charge in [-0.1, -0.05) is 19.1 Å². The first-order valence-electron chi connectivity index (χ1n) is 11.2. The van der Waals surface area contributed by atoms with E-state index in [1.807, 2.05) is 29.4 Å². The van der Waals surface area contributed by atoms with Crippen LogP contribution in [0.4, 0.5) is 10.5 Å². The van der Waals surface area contributed by atoms with Crippen LogP contribution in [-0.2, 0) is 18.9 Å². The van der Waals surface area contributed by atoms with E-state index < -0.39 is 36.0 Å². The first-order chi connectivity index (χ1) is 16.5. The van der Waals surface area contributed by atoms with Gasteiger partial charge in [0, 0.05) is 28.3 Å². The summed E-state index contributed by atoms with van der Waals surface area (Å²) in [4.78, 5) is 53.3. The van der Waals surface area contributed by atoms with Gasteiger partial charge < -0.3 is 25.0 Å². The van der Waals surface area contributed by atoms with Crippen LogP contribution in [0, 0.1) is 18.8 Å². The fourth-order valence-corrected chi connectivity index (χ4v) is 6.83. The number of rotatable bonds is 6. The number of anilines is 1. The van der Waals surface area contributed by atoms with Crippen LogP contribution < -0.4 is 5.32 Å². The van der Waals surface area contributed by atoms with Crippen LogP contribution in [0.1, 0.15) is 25.8 Å².